The highest BCUT2D eigenvalue weighted by atomic mass is 35.5. The maximum Gasteiger partial charge on any atom is 0.0700 e. The summed E-state index contributed by atoms with van der Waals surface area (Å²) in [7, 11) is 0. The molecule has 4 heteroatoms. The van der Waals surface area contributed by atoms with Crippen LogP contribution in [0.2, 0.25) is 5.02 Å². The standard InChI is InChI=1S/C15H23ClN2O/c1-3-12-10-18(8-9-19-12)15(11(2)17)13-6-4-5-7-14(13)16/h4-7,11-12,15H,3,8-10,17H2,1-2H3. The molecule has 0 spiro atoms. The van der Waals surface area contributed by atoms with E-state index in [9.17, 15) is 0 Å². The number of benzene rings is 1. The van der Waals surface area contributed by atoms with Crippen molar-refractivity contribution in [3.05, 3.63) is 34.9 Å². The first kappa shape index (κ1) is 14.8. The average Bonchev–Trinajstić information content (AvgIpc) is 2.41. The Morgan fingerprint density at radius 2 is 2.21 bits per heavy atom. The fourth-order valence-corrected chi connectivity index (χ4v) is 3.02. The Balaban J connectivity index is 2.23. The molecule has 3 atom stereocenters. The van der Waals surface area contributed by atoms with Gasteiger partial charge >= 0.3 is 0 Å². The zero-order chi connectivity index (χ0) is 13.8. The molecule has 1 aromatic rings. The summed E-state index contributed by atoms with van der Waals surface area (Å²) in [6.07, 6.45) is 1.34. The van der Waals surface area contributed by atoms with Gasteiger partial charge in [-0.1, -0.05) is 36.7 Å². The van der Waals surface area contributed by atoms with Crippen LogP contribution in [0.4, 0.5) is 0 Å². The van der Waals surface area contributed by atoms with Crippen LogP contribution in [-0.2, 0) is 4.74 Å². The Morgan fingerprint density at radius 1 is 1.47 bits per heavy atom. The van der Waals surface area contributed by atoms with Gasteiger partial charge in [-0.25, -0.2) is 0 Å². The molecule has 1 heterocycles. The van der Waals surface area contributed by atoms with Crippen molar-refractivity contribution < 1.29 is 4.74 Å². The molecule has 1 fully saturated rings. The van der Waals surface area contributed by atoms with E-state index in [2.05, 4.69) is 17.9 Å². The summed E-state index contributed by atoms with van der Waals surface area (Å²) in [5.41, 5.74) is 7.34. The number of ether oxygens (including phenoxy) is 1. The monoisotopic (exact) mass is 282 g/mol. The topological polar surface area (TPSA) is 38.5 Å². The lowest BCUT2D eigenvalue weighted by Crippen LogP contribution is -2.48. The van der Waals surface area contributed by atoms with Crippen LogP contribution in [0.5, 0.6) is 0 Å². The maximum absolute atomic E-state index is 6.34. The Morgan fingerprint density at radius 3 is 2.84 bits per heavy atom. The van der Waals surface area contributed by atoms with Crippen LogP contribution in [-0.4, -0.2) is 36.7 Å². The molecule has 2 N–H and O–H groups in total. The number of hydrogen-bond donors (Lipinski definition) is 1. The van der Waals surface area contributed by atoms with Crippen LogP contribution < -0.4 is 5.73 Å². The van der Waals surface area contributed by atoms with Gasteiger partial charge in [0.15, 0.2) is 0 Å². The molecule has 0 bridgehead atoms. The molecule has 0 aliphatic carbocycles. The van der Waals surface area contributed by atoms with E-state index in [-0.39, 0.29) is 12.1 Å². The van der Waals surface area contributed by atoms with Gasteiger partial charge in [0.25, 0.3) is 0 Å². The van der Waals surface area contributed by atoms with Crippen LogP contribution >= 0.6 is 11.6 Å². The van der Waals surface area contributed by atoms with Gasteiger partial charge in [-0.15, -0.1) is 0 Å². The quantitative estimate of drug-likeness (QED) is 0.923. The molecule has 19 heavy (non-hydrogen) atoms. The Labute approximate surface area is 120 Å². The SMILES string of the molecule is CCC1CN(C(c2ccccc2Cl)C(C)N)CCO1. The van der Waals surface area contributed by atoms with Crippen molar-refractivity contribution in [3.63, 3.8) is 0 Å². The first-order chi connectivity index (χ1) is 9.13. The number of rotatable bonds is 4. The van der Waals surface area contributed by atoms with E-state index >= 15 is 0 Å². The van der Waals surface area contributed by atoms with Gasteiger partial charge in [-0.3, -0.25) is 4.90 Å². The number of morpholine rings is 1. The van der Waals surface area contributed by atoms with E-state index < -0.39 is 0 Å². The minimum absolute atomic E-state index is 0.0375. The fourth-order valence-electron chi connectivity index (χ4n) is 2.77. The van der Waals surface area contributed by atoms with Crippen LogP contribution in [0.3, 0.4) is 0 Å². The summed E-state index contributed by atoms with van der Waals surface area (Å²) in [6.45, 7) is 6.81. The predicted molar refractivity (Wildman–Crippen MR) is 79.4 cm³/mol. The predicted octanol–water partition coefficient (Wildman–Crippen LogP) is 2.84. The molecule has 1 saturated heterocycles. The van der Waals surface area contributed by atoms with Crippen LogP contribution in [0.1, 0.15) is 31.9 Å². The third-order valence-corrected chi connectivity index (χ3v) is 4.09. The highest BCUT2D eigenvalue weighted by Gasteiger charge is 2.30. The summed E-state index contributed by atoms with van der Waals surface area (Å²) < 4.78 is 5.74. The van der Waals surface area contributed by atoms with Gasteiger partial charge in [0.05, 0.1) is 18.8 Å². The first-order valence-electron chi connectivity index (χ1n) is 6.99. The Hall–Kier alpha value is -0.610. The minimum Gasteiger partial charge on any atom is -0.376 e. The number of halogens is 1. The summed E-state index contributed by atoms with van der Waals surface area (Å²) in [5.74, 6) is 0. The molecule has 3 unspecified atom stereocenters. The Kier molecular flexibility index (Phi) is 5.22. The normalized spacial score (nSPS) is 24.1. The van der Waals surface area contributed by atoms with Crippen LogP contribution in [0.15, 0.2) is 24.3 Å². The van der Waals surface area contributed by atoms with Crippen LogP contribution in [0.25, 0.3) is 0 Å². The van der Waals surface area contributed by atoms with E-state index in [1.54, 1.807) is 0 Å². The van der Waals surface area contributed by atoms with Gasteiger partial charge < -0.3 is 10.5 Å². The van der Waals surface area contributed by atoms with Gasteiger partial charge in [0, 0.05) is 24.2 Å². The van der Waals surface area contributed by atoms with E-state index in [4.69, 9.17) is 22.1 Å². The van der Waals surface area contributed by atoms with Crippen molar-refractivity contribution in [2.75, 3.05) is 19.7 Å². The van der Waals surface area contributed by atoms with E-state index in [1.165, 1.54) is 0 Å². The zero-order valence-corrected chi connectivity index (χ0v) is 12.4. The highest BCUT2D eigenvalue weighted by Crippen LogP contribution is 2.31. The molecule has 0 amide bonds. The molecule has 1 aromatic carbocycles. The number of nitrogens with two attached hydrogens (primary N) is 1. The van der Waals surface area contributed by atoms with Crippen molar-refractivity contribution >= 4 is 11.6 Å². The zero-order valence-electron chi connectivity index (χ0n) is 11.7. The molecule has 0 radical (unpaired) electrons. The second kappa shape index (κ2) is 6.71. The third-order valence-electron chi connectivity index (χ3n) is 3.74. The molecule has 1 aliphatic rings. The number of nitrogens with zero attached hydrogens (tertiary/aromatic N) is 1. The number of hydrogen-bond acceptors (Lipinski definition) is 3. The van der Waals surface area contributed by atoms with E-state index in [0.29, 0.717) is 6.10 Å². The maximum atomic E-state index is 6.34. The van der Waals surface area contributed by atoms with E-state index in [1.807, 2.05) is 25.1 Å². The Bertz CT molecular complexity index is 411. The summed E-state index contributed by atoms with van der Waals surface area (Å²) in [6, 6.07) is 8.19. The second-order valence-electron chi connectivity index (χ2n) is 5.22. The average molecular weight is 283 g/mol. The smallest absolute Gasteiger partial charge is 0.0700 e. The molecule has 2 rings (SSSR count). The molecule has 3 nitrogen and oxygen atoms in total. The largest absolute Gasteiger partial charge is 0.376 e. The minimum atomic E-state index is 0.0375. The van der Waals surface area contributed by atoms with Crippen molar-refractivity contribution in [2.45, 2.75) is 38.5 Å². The lowest BCUT2D eigenvalue weighted by molar-refractivity contribution is -0.0477. The van der Waals surface area contributed by atoms with Crippen molar-refractivity contribution in [1.82, 2.24) is 4.90 Å². The molecular formula is C15H23ClN2O. The van der Waals surface area contributed by atoms with Gasteiger partial charge in [-0.05, 0) is 25.0 Å². The van der Waals surface area contributed by atoms with Crippen LogP contribution in [0, 0.1) is 0 Å². The second-order valence-corrected chi connectivity index (χ2v) is 5.63. The summed E-state index contributed by atoms with van der Waals surface area (Å²) >= 11 is 6.34. The molecule has 0 saturated carbocycles. The van der Waals surface area contributed by atoms with Gasteiger partial charge in [-0.2, -0.15) is 0 Å². The van der Waals surface area contributed by atoms with Crippen molar-refractivity contribution in [3.8, 4) is 0 Å². The fraction of sp³-hybridized carbons (Fsp3) is 0.600. The first-order valence-corrected chi connectivity index (χ1v) is 7.37. The van der Waals surface area contributed by atoms with Gasteiger partial charge in [0.1, 0.15) is 0 Å². The third kappa shape index (κ3) is 3.48. The molecule has 106 valence electrons. The van der Waals surface area contributed by atoms with E-state index in [0.717, 1.165) is 36.7 Å². The van der Waals surface area contributed by atoms with Crippen molar-refractivity contribution in [1.29, 1.82) is 0 Å². The lowest BCUT2D eigenvalue weighted by Gasteiger charge is -2.40. The highest BCUT2D eigenvalue weighted by molar-refractivity contribution is 6.31. The summed E-state index contributed by atoms with van der Waals surface area (Å²) in [4.78, 5) is 2.41. The molecule has 0 aromatic heterocycles. The lowest BCUT2D eigenvalue weighted by atomic mass is 9.98. The van der Waals surface area contributed by atoms with Crippen molar-refractivity contribution in [2.24, 2.45) is 5.73 Å². The molecular weight excluding hydrogens is 260 g/mol. The molecule has 1 aliphatic heterocycles. The summed E-state index contributed by atoms with van der Waals surface area (Å²) in [5, 5.41) is 0.796. The van der Waals surface area contributed by atoms with Gasteiger partial charge in [0.2, 0.25) is 0 Å².